The molecule has 0 bridgehead atoms. The van der Waals surface area contributed by atoms with E-state index < -0.39 is 40.3 Å². The molecule has 1 N–H and O–H groups in total. The van der Waals surface area contributed by atoms with Crippen molar-refractivity contribution in [3.8, 4) is 17.2 Å². The van der Waals surface area contributed by atoms with Gasteiger partial charge < -0.3 is 9.12 Å². The van der Waals surface area contributed by atoms with Crippen molar-refractivity contribution in [3.63, 3.8) is 0 Å². The molecule has 0 aliphatic heterocycles. The summed E-state index contributed by atoms with van der Waals surface area (Å²) in [5.74, 6) is 0. The van der Waals surface area contributed by atoms with Crippen molar-refractivity contribution >= 4 is 22.3 Å². The Labute approximate surface area is 216 Å². The first-order valence-electron chi connectivity index (χ1n) is 11.6. The van der Waals surface area contributed by atoms with E-state index in [1.54, 1.807) is 31.5 Å². The van der Waals surface area contributed by atoms with Gasteiger partial charge in [-0.25, -0.2) is 8.78 Å². The zero-order chi connectivity index (χ0) is 27.9. The van der Waals surface area contributed by atoms with Crippen LogP contribution in [0.15, 0.2) is 42.6 Å². The topological polar surface area (TPSA) is 63.8 Å². The molecule has 2 atom stereocenters. The summed E-state index contributed by atoms with van der Waals surface area (Å²) >= 11 is -1.79. The van der Waals surface area contributed by atoms with Gasteiger partial charge in [-0.1, -0.05) is 39.0 Å². The smallest absolute Gasteiger partial charge is 0.417 e. The van der Waals surface area contributed by atoms with Gasteiger partial charge in [-0.2, -0.15) is 18.4 Å². The normalized spacial score (nSPS) is 14.7. The Kier molecular flexibility index (Phi) is 8.04. The lowest BCUT2D eigenvalue weighted by molar-refractivity contribution is -0.137. The molecule has 0 amide bonds. The van der Waals surface area contributed by atoms with E-state index in [-0.39, 0.29) is 27.7 Å². The van der Waals surface area contributed by atoms with Crippen molar-refractivity contribution in [2.24, 2.45) is 5.41 Å². The average Bonchev–Trinajstić information content (AvgIpc) is 3.10. The minimum atomic E-state index is -4.70. The zero-order valence-corrected chi connectivity index (χ0v) is 22.3. The van der Waals surface area contributed by atoms with Gasteiger partial charge in [0.2, 0.25) is 0 Å². The van der Waals surface area contributed by atoms with Crippen molar-refractivity contribution in [2.75, 3.05) is 0 Å². The average molecular weight is 540 g/mol. The van der Waals surface area contributed by atoms with Crippen LogP contribution in [-0.2, 0) is 24.1 Å². The maximum absolute atomic E-state index is 14.3. The molecule has 0 fully saturated rings. The minimum Gasteiger partial charge on any atom is -0.598 e. The number of halogens is 5. The molecular formula is C27H30F5N3OS. The van der Waals surface area contributed by atoms with Gasteiger partial charge in [0.05, 0.1) is 17.2 Å². The molecule has 37 heavy (non-hydrogen) atoms. The first kappa shape index (κ1) is 29.0. The van der Waals surface area contributed by atoms with Crippen LogP contribution in [0.2, 0.25) is 0 Å². The largest absolute Gasteiger partial charge is 0.598 e. The van der Waals surface area contributed by atoms with Gasteiger partial charge in [0.15, 0.2) is 0 Å². The number of aromatic nitrogens is 1. The van der Waals surface area contributed by atoms with E-state index >= 15 is 0 Å². The summed E-state index contributed by atoms with van der Waals surface area (Å²) in [6.07, 6.45) is -6.04. The van der Waals surface area contributed by atoms with Gasteiger partial charge >= 0.3 is 6.18 Å². The van der Waals surface area contributed by atoms with E-state index in [4.69, 9.17) is 0 Å². The van der Waals surface area contributed by atoms with Crippen molar-refractivity contribution < 1.29 is 26.5 Å². The molecule has 0 aliphatic rings. The number of nitrogens with zero attached hydrogens (tertiary/aromatic N) is 2. The summed E-state index contributed by atoms with van der Waals surface area (Å²) in [7, 11) is 0. The second-order valence-electron chi connectivity index (χ2n) is 11.2. The molecule has 1 aromatic heterocycles. The van der Waals surface area contributed by atoms with E-state index in [0.29, 0.717) is 17.4 Å². The van der Waals surface area contributed by atoms with Crippen LogP contribution in [0.5, 0.6) is 0 Å². The highest BCUT2D eigenvalue weighted by Gasteiger charge is 2.37. The summed E-state index contributed by atoms with van der Waals surface area (Å²) in [4.78, 5) is 0. The van der Waals surface area contributed by atoms with E-state index in [1.165, 1.54) is 30.3 Å². The number of rotatable bonds is 6. The highest BCUT2D eigenvalue weighted by molar-refractivity contribution is 7.90. The van der Waals surface area contributed by atoms with Gasteiger partial charge in [-0.3, -0.25) is 0 Å². The molecule has 0 spiro atoms. The number of hydrogen-bond donors (Lipinski definition) is 1. The van der Waals surface area contributed by atoms with Crippen LogP contribution in [0.4, 0.5) is 22.0 Å². The van der Waals surface area contributed by atoms with Crippen LogP contribution in [0.25, 0.3) is 22.0 Å². The third-order valence-electron chi connectivity index (χ3n) is 5.71. The van der Waals surface area contributed by atoms with E-state index in [1.807, 2.05) is 26.8 Å². The Morgan fingerprint density at radius 1 is 1.05 bits per heavy atom. The fraction of sp³-hybridized carbons (Fsp3) is 0.444. The number of hydrogen-bond acceptors (Lipinski definition) is 3. The van der Waals surface area contributed by atoms with Crippen molar-refractivity contribution in [3.05, 3.63) is 59.3 Å². The minimum absolute atomic E-state index is 0.143. The summed E-state index contributed by atoms with van der Waals surface area (Å²) < 4.78 is 86.3. The van der Waals surface area contributed by atoms with Crippen LogP contribution in [0.1, 0.15) is 64.3 Å². The van der Waals surface area contributed by atoms with Crippen LogP contribution in [-0.4, -0.2) is 20.3 Å². The van der Waals surface area contributed by atoms with Crippen molar-refractivity contribution in [2.45, 2.75) is 71.5 Å². The zero-order valence-electron chi connectivity index (χ0n) is 21.5. The predicted octanol–water partition coefficient (Wildman–Crippen LogP) is 7.60. The molecule has 1 heterocycles. The Bertz CT molecular complexity index is 1310. The summed E-state index contributed by atoms with van der Waals surface area (Å²) in [6, 6.07) is 8.07. The number of alkyl halides is 5. The summed E-state index contributed by atoms with van der Waals surface area (Å²) in [5, 5.41) is 9.94. The van der Waals surface area contributed by atoms with Crippen LogP contribution in [0, 0.1) is 16.7 Å². The fourth-order valence-electron chi connectivity index (χ4n) is 4.10. The first-order valence-corrected chi connectivity index (χ1v) is 12.8. The van der Waals surface area contributed by atoms with Crippen molar-refractivity contribution in [1.29, 1.82) is 5.26 Å². The first-order chi connectivity index (χ1) is 16.9. The van der Waals surface area contributed by atoms with Crippen LogP contribution in [0.3, 0.4) is 0 Å². The fourth-order valence-corrected chi connectivity index (χ4v) is 4.92. The lowest BCUT2D eigenvalue weighted by atomic mass is 9.93. The van der Waals surface area contributed by atoms with Crippen LogP contribution >= 0.6 is 0 Å². The summed E-state index contributed by atoms with van der Waals surface area (Å²) in [6.45, 7) is 11.2. The molecule has 0 unspecified atom stereocenters. The highest BCUT2D eigenvalue weighted by atomic mass is 32.2. The molecule has 200 valence electrons. The monoisotopic (exact) mass is 539 g/mol. The highest BCUT2D eigenvalue weighted by Crippen LogP contribution is 2.41. The third-order valence-corrected chi connectivity index (χ3v) is 7.29. The molecule has 0 saturated carbocycles. The van der Waals surface area contributed by atoms with E-state index in [9.17, 15) is 31.8 Å². The van der Waals surface area contributed by atoms with Gasteiger partial charge in [-0.15, -0.1) is 4.72 Å². The standard InChI is InChI=1S/C27H30F5N3OS/c1-25(2,3)15-35-14-19(23(24(28)29)34-37(36)26(4,5)6)18-11-10-16(12-21(18)35)22-17(13-33)8-7-9-20(22)27(30,31)32/h7-12,14,23-24,34H,15H2,1-6H3/t23-,37-/m0/s1. The SMILES string of the molecule is CC(C)(C)Cn1cc([C@H](N[S@@+]([O-])C(C)(C)C)C(F)F)c2ccc(-c3c(C#N)cccc3C(F)(F)F)cc21. The van der Waals surface area contributed by atoms with Gasteiger partial charge in [0.1, 0.15) is 10.8 Å². The molecule has 0 aliphatic carbocycles. The molecule has 2 aromatic carbocycles. The van der Waals surface area contributed by atoms with E-state index in [0.717, 1.165) is 6.07 Å². The number of nitriles is 1. The molecule has 10 heteroatoms. The quantitative estimate of drug-likeness (QED) is 0.259. The number of benzene rings is 2. The second-order valence-corrected chi connectivity index (χ2v) is 13.2. The molecule has 3 aromatic rings. The van der Waals surface area contributed by atoms with E-state index in [2.05, 4.69) is 4.72 Å². The van der Waals surface area contributed by atoms with Crippen LogP contribution < -0.4 is 4.72 Å². The van der Waals surface area contributed by atoms with Gasteiger partial charge in [0, 0.05) is 46.1 Å². The predicted molar refractivity (Wildman–Crippen MR) is 136 cm³/mol. The number of fused-ring (bicyclic) bond motifs is 1. The summed E-state index contributed by atoms with van der Waals surface area (Å²) in [5.41, 5.74) is -0.856. The van der Waals surface area contributed by atoms with Gasteiger partial charge in [0.25, 0.3) is 6.43 Å². The maximum atomic E-state index is 14.3. The van der Waals surface area contributed by atoms with Crippen molar-refractivity contribution in [1.82, 2.24) is 9.29 Å². The molecule has 3 rings (SSSR count). The van der Waals surface area contributed by atoms with Gasteiger partial charge in [-0.05, 0) is 49.9 Å². The second kappa shape index (κ2) is 10.3. The molecule has 0 radical (unpaired) electrons. The molecule has 4 nitrogen and oxygen atoms in total. The maximum Gasteiger partial charge on any atom is 0.417 e. The Morgan fingerprint density at radius 2 is 1.70 bits per heavy atom. The molecule has 0 saturated heterocycles. The lowest BCUT2D eigenvalue weighted by Gasteiger charge is -2.27. The lowest BCUT2D eigenvalue weighted by Crippen LogP contribution is -2.43. The Hall–Kier alpha value is -2.61. The molecular weight excluding hydrogens is 509 g/mol. The Balaban J connectivity index is 2.29. The Morgan fingerprint density at radius 3 is 2.22 bits per heavy atom. The third kappa shape index (κ3) is 6.46. The number of nitrogens with one attached hydrogen (secondary N) is 1.